The Balaban J connectivity index is 1.41. The zero-order chi connectivity index (χ0) is 21.1. The Bertz CT molecular complexity index is 918. The van der Waals surface area contributed by atoms with Crippen molar-refractivity contribution in [1.29, 1.82) is 0 Å². The van der Waals surface area contributed by atoms with E-state index >= 15 is 0 Å². The fraction of sp³-hybridized carbons (Fsp3) is 0.409. The van der Waals surface area contributed by atoms with E-state index in [0.717, 1.165) is 44.1 Å². The molecule has 1 aliphatic heterocycles. The van der Waals surface area contributed by atoms with Crippen LogP contribution in [0, 0.1) is 5.92 Å². The molecule has 8 heteroatoms. The van der Waals surface area contributed by atoms with Crippen molar-refractivity contribution < 1.29 is 9.59 Å². The van der Waals surface area contributed by atoms with Crippen molar-refractivity contribution in [3.05, 3.63) is 42.1 Å². The molecule has 2 fully saturated rings. The first-order chi connectivity index (χ1) is 14.5. The molecule has 0 atom stereocenters. The van der Waals surface area contributed by atoms with Crippen molar-refractivity contribution in [1.82, 2.24) is 9.88 Å². The van der Waals surface area contributed by atoms with Crippen LogP contribution in [0.15, 0.2) is 36.5 Å². The molecule has 0 unspecified atom stereocenters. The minimum Gasteiger partial charge on any atom is -0.384 e. The zero-order valence-corrected chi connectivity index (χ0v) is 17.2. The second kappa shape index (κ2) is 8.61. The molecule has 2 heterocycles. The molecule has 1 aliphatic carbocycles. The van der Waals surface area contributed by atoms with Gasteiger partial charge in [0, 0.05) is 63.3 Å². The maximum Gasteiger partial charge on any atom is 0.252 e. The van der Waals surface area contributed by atoms with Crippen molar-refractivity contribution in [3.63, 3.8) is 0 Å². The maximum atomic E-state index is 11.7. The third-order valence-corrected chi connectivity index (χ3v) is 5.68. The lowest BCUT2D eigenvalue weighted by Gasteiger charge is -2.35. The van der Waals surface area contributed by atoms with Crippen molar-refractivity contribution in [3.8, 4) is 0 Å². The highest BCUT2D eigenvalue weighted by molar-refractivity contribution is 5.98. The van der Waals surface area contributed by atoms with Crippen LogP contribution in [0.3, 0.4) is 0 Å². The van der Waals surface area contributed by atoms with E-state index in [1.807, 2.05) is 23.1 Å². The summed E-state index contributed by atoms with van der Waals surface area (Å²) in [5.41, 5.74) is 8.65. The van der Waals surface area contributed by atoms with E-state index in [2.05, 4.69) is 32.7 Å². The molecule has 2 aromatic rings. The van der Waals surface area contributed by atoms with Crippen LogP contribution in [0.1, 0.15) is 30.1 Å². The Morgan fingerprint density at radius 1 is 1.13 bits per heavy atom. The number of aromatic nitrogens is 1. The van der Waals surface area contributed by atoms with E-state index in [9.17, 15) is 9.59 Å². The van der Waals surface area contributed by atoms with Gasteiger partial charge >= 0.3 is 0 Å². The predicted octanol–water partition coefficient (Wildman–Crippen LogP) is 2.41. The number of carbonyl (C=O) groups excluding carboxylic acids is 2. The molecule has 30 heavy (non-hydrogen) atoms. The van der Waals surface area contributed by atoms with E-state index in [4.69, 9.17) is 5.73 Å². The first-order valence-corrected chi connectivity index (χ1v) is 10.4. The summed E-state index contributed by atoms with van der Waals surface area (Å²) >= 11 is 0. The highest BCUT2D eigenvalue weighted by Crippen LogP contribution is 2.30. The summed E-state index contributed by atoms with van der Waals surface area (Å²) in [6.07, 6.45) is 3.97. The van der Waals surface area contributed by atoms with E-state index in [0.29, 0.717) is 23.0 Å². The monoisotopic (exact) mass is 408 g/mol. The van der Waals surface area contributed by atoms with Crippen LogP contribution in [-0.4, -0.2) is 54.4 Å². The average Bonchev–Trinajstić information content (AvgIpc) is 3.57. The van der Waals surface area contributed by atoms with E-state index in [1.54, 1.807) is 6.92 Å². The number of nitrogens with zero attached hydrogens (tertiary/aromatic N) is 3. The molecule has 4 rings (SSSR count). The summed E-state index contributed by atoms with van der Waals surface area (Å²) < 4.78 is 0. The van der Waals surface area contributed by atoms with Gasteiger partial charge in [0.1, 0.15) is 5.82 Å². The molecule has 0 bridgehead atoms. The van der Waals surface area contributed by atoms with Gasteiger partial charge in [-0.1, -0.05) is 0 Å². The number of nitrogens with one attached hydrogen (secondary N) is 2. The van der Waals surface area contributed by atoms with E-state index in [-0.39, 0.29) is 5.91 Å². The third kappa shape index (κ3) is 4.82. The average molecular weight is 409 g/mol. The lowest BCUT2D eigenvalue weighted by Crippen LogP contribution is -2.48. The Morgan fingerprint density at radius 2 is 1.83 bits per heavy atom. The number of amides is 2. The summed E-state index contributed by atoms with van der Waals surface area (Å²) in [6.45, 7) is 5.63. The minimum atomic E-state index is -0.485. The number of hydrogen-bond acceptors (Lipinski definition) is 6. The van der Waals surface area contributed by atoms with Crippen LogP contribution in [-0.2, 0) is 4.79 Å². The summed E-state index contributed by atoms with van der Waals surface area (Å²) in [5.74, 6) is 0.984. The molecule has 1 aromatic heterocycles. The van der Waals surface area contributed by atoms with Gasteiger partial charge in [0.25, 0.3) is 5.91 Å². The van der Waals surface area contributed by atoms with Gasteiger partial charge in [-0.2, -0.15) is 0 Å². The highest BCUT2D eigenvalue weighted by atomic mass is 16.2. The number of benzene rings is 1. The van der Waals surface area contributed by atoms with Crippen LogP contribution >= 0.6 is 0 Å². The van der Waals surface area contributed by atoms with Crippen LogP contribution in [0.4, 0.5) is 22.9 Å². The number of anilines is 4. The molecule has 1 saturated heterocycles. The summed E-state index contributed by atoms with van der Waals surface area (Å²) in [5, 5.41) is 6.62. The first-order valence-electron chi connectivity index (χ1n) is 10.4. The van der Waals surface area contributed by atoms with Crippen molar-refractivity contribution in [2.24, 2.45) is 11.7 Å². The van der Waals surface area contributed by atoms with Gasteiger partial charge in [-0.15, -0.1) is 0 Å². The van der Waals surface area contributed by atoms with Crippen LogP contribution < -0.4 is 21.3 Å². The van der Waals surface area contributed by atoms with Gasteiger partial charge < -0.3 is 26.2 Å². The molecule has 1 aromatic carbocycles. The lowest BCUT2D eigenvalue weighted by atomic mass is 10.2. The topological polar surface area (TPSA) is 104 Å². The molecular formula is C22H28N6O2. The smallest absolute Gasteiger partial charge is 0.252 e. The van der Waals surface area contributed by atoms with Crippen molar-refractivity contribution in [2.75, 3.05) is 48.3 Å². The molecule has 2 amide bonds. The Kier molecular flexibility index (Phi) is 5.74. The van der Waals surface area contributed by atoms with Crippen LogP contribution in [0.2, 0.25) is 0 Å². The Hall–Kier alpha value is -3.29. The number of rotatable bonds is 7. The molecular weight excluding hydrogens is 380 g/mol. The predicted molar refractivity (Wildman–Crippen MR) is 118 cm³/mol. The molecule has 1 saturated carbocycles. The Labute approximate surface area is 176 Å². The molecule has 8 nitrogen and oxygen atoms in total. The van der Waals surface area contributed by atoms with Crippen LogP contribution in [0.25, 0.3) is 0 Å². The van der Waals surface area contributed by atoms with Gasteiger partial charge in [0.15, 0.2) is 0 Å². The van der Waals surface area contributed by atoms with Gasteiger partial charge in [0.05, 0.1) is 11.3 Å². The molecule has 0 spiro atoms. The Morgan fingerprint density at radius 3 is 2.43 bits per heavy atom. The molecule has 158 valence electrons. The standard InChI is InChI=1S/C22H28N6O2/c1-15(29)27-8-10-28(11-9-27)18-6-4-17(5-7-18)26-21-12-20(24-13-16-2-3-16)19(14-25-21)22(23)30/h4-7,12,14,16H,2-3,8-11,13H2,1H3,(H2,23,30)(H2,24,25,26). The first kappa shape index (κ1) is 20.0. The molecule has 2 aliphatic rings. The van der Waals surface area contributed by atoms with E-state index < -0.39 is 5.91 Å². The summed E-state index contributed by atoms with van der Waals surface area (Å²) in [6, 6.07) is 9.98. The number of carbonyl (C=O) groups is 2. The van der Waals surface area contributed by atoms with Crippen LogP contribution in [0.5, 0.6) is 0 Å². The second-order valence-corrected chi connectivity index (χ2v) is 7.97. The largest absolute Gasteiger partial charge is 0.384 e. The highest BCUT2D eigenvalue weighted by Gasteiger charge is 2.22. The fourth-order valence-electron chi connectivity index (χ4n) is 3.63. The maximum absolute atomic E-state index is 11.7. The van der Waals surface area contributed by atoms with Gasteiger partial charge in [-0.3, -0.25) is 9.59 Å². The number of nitrogens with two attached hydrogens (primary N) is 1. The van der Waals surface area contributed by atoms with Gasteiger partial charge in [-0.05, 0) is 43.0 Å². The van der Waals surface area contributed by atoms with Crippen molar-refractivity contribution >= 4 is 34.7 Å². The number of pyridine rings is 1. The van der Waals surface area contributed by atoms with Crippen molar-refractivity contribution in [2.45, 2.75) is 19.8 Å². The number of piperazine rings is 1. The number of primary amides is 1. The summed E-state index contributed by atoms with van der Waals surface area (Å²) in [4.78, 5) is 31.7. The normalized spacial score (nSPS) is 16.3. The van der Waals surface area contributed by atoms with E-state index in [1.165, 1.54) is 19.0 Å². The second-order valence-electron chi connectivity index (χ2n) is 7.97. The molecule has 4 N–H and O–H groups in total. The fourth-order valence-corrected chi connectivity index (χ4v) is 3.63. The third-order valence-electron chi connectivity index (χ3n) is 5.68. The van der Waals surface area contributed by atoms with Gasteiger partial charge in [0.2, 0.25) is 5.91 Å². The SMILES string of the molecule is CC(=O)N1CCN(c2ccc(Nc3cc(NCC4CC4)c(C(N)=O)cn3)cc2)CC1. The number of hydrogen-bond donors (Lipinski definition) is 3. The van der Waals surface area contributed by atoms with Gasteiger partial charge in [-0.25, -0.2) is 4.98 Å². The lowest BCUT2D eigenvalue weighted by molar-refractivity contribution is -0.129. The zero-order valence-electron chi connectivity index (χ0n) is 17.2. The minimum absolute atomic E-state index is 0.134. The quantitative estimate of drug-likeness (QED) is 0.650. The molecule has 0 radical (unpaired) electrons. The summed E-state index contributed by atoms with van der Waals surface area (Å²) in [7, 11) is 0.